The molecule has 13 nitrogen and oxygen atoms in total. The molecule has 0 radical (unpaired) electrons. The highest BCUT2D eigenvalue weighted by atomic mass is 16.7. The van der Waals surface area contributed by atoms with E-state index in [1.807, 2.05) is 47.4 Å². The van der Waals surface area contributed by atoms with Gasteiger partial charge in [-0.3, -0.25) is 4.79 Å². The van der Waals surface area contributed by atoms with Gasteiger partial charge in [0.05, 0.1) is 38.1 Å². The third-order valence-corrected chi connectivity index (χ3v) is 14.2. The number of nitrogens with zero attached hydrogens (tertiary/aromatic N) is 2. The van der Waals surface area contributed by atoms with E-state index in [0.29, 0.717) is 36.6 Å². The fraction of sp³-hybridized carbons (Fsp3) is 0.655. The normalized spacial score (nSPS) is 23.2. The van der Waals surface area contributed by atoms with Crippen molar-refractivity contribution in [2.75, 3.05) is 52.7 Å². The Kier molecular flexibility index (Phi) is 22.2. The number of benzene rings is 2. The van der Waals surface area contributed by atoms with Crippen molar-refractivity contribution in [3.63, 3.8) is 0 Å². The first kappa shape index (κ1) is 53.1. The zero-order valence-corrected chi connectivity index (χ0v) is 40.8. The number of aliphatic hydroxyl groups excluding tert-OH is 3. The number of unbranched alkanes of at least 4 members (excludes halogenated alkanes) is 11. The lowest BCUT2D eigenvalue weighted by molar-refractivity contribution is -0.258. The number of hydrogen-bond acceptors (Lipinski definition) is 11. The molecule has 2 aromatic rings. The molecular formula is C55H81N3O10. The molecule has 0 aromatic heterocycles. The SMILES string of the molecule is C=CCOC12Oc3ccc(OC(=O)NCCCCCCCCCCCC)cc3C3C(CCCCO)C(CCCCO)C=C(C(=NOCc4ccccc4)CC1N(CCOCCO)C(=O)C1CC1)C32. The molecule has 13 heteroatoms. The summed E-state index contributed by atoms with van der Waals surface area (Å²) in [7, 11) is 0. The molecule has 68 heavy (non-hydrogen) atoms. The summed E-state index contributed by atoms with van der Waals surface area (Å²) in [6, 6.07) is 14.8. The van der Waals surface area contributed by atoms with E-state index in [4.69, 9.17) is 28.9 Å². The van der Waals surface area contributed by atoms with Crippen molar-refractivity contribution in [2.24, 2.45) is 28.8 Å². The van der Waals surface area contributed by atoms with Gasteiger partial charge < -0.3 is 49.3 Å². The van der Waals surface area contributed by atoms with Crippen LogP contribution < -0.4 is 14.8 Å². The second kappa shape index (κ2) is 28.4. The van der Waals surface area contributed by atoms with E-state index in [0.717, 1.165) is 74.5 Å². The third kappa shape index (κ3) is 14.6. The number of oxime groups is 1. The van der Waals surface area contributed by atoms with E-state index in [-0.39, 0.29) is 88.8 Å². The van der Waals surface area contributed by atoms with E-state index in [9.17, 15) is 24.9 Å². The predicted molar refractivity (Wildman–Crippen MR) is 264 cm³/mol. The minimum Gasteiger partial charge on any atom is -0.459 e. The number of amides is 2. The monoisotopic (exact) mass is 944 g/mol. The average Bonchev–Trinajstić information content (AvgIpc) is 4.21. The summed E-state index contributed by atoms with van der Waals surface area (Å²) in [6.45, 7) is 7.83. The van der Waals surface area contributed by atoms with Crippen molar-refractivity contribution in [3.05, 3.63) is 84.0 Å². The van der Waals surface area contributed by atoms with Crippen LogP contribution >= 0.6 is 0 Å². The summed E-state index contributed by atoms with van der Waals surface area (Å²) in [5, 5.41) is 37.5. The molecule has 376 valence electrons. The van der Waals surface area contributed by atoms with E-state index in [1.54, 1.807) is 12.1 Å². The van der Waals surface area contributed by atoms with E-state index < -0.39 is 23.8 Å². The Balaban J connectivity index is 1.38. The summed E-state index contributed by atoms with van der Waals surface area (Å²) >= 11 is 0. The number of aliphatic hydroxyl groups is 3. The van der Waals surface area contributed by atoms with Crippen molar-refractivity contribution in [1.82, 2.24) is 10.2 Å². The summed E-state index contributed by atoms with van der Waals surface area (Å²) in [4.78, 5) is 36.1. The van der Waals surface area contributed by atoms with Gasteiger partial charge in [0.1, 0.15) is 24.1 Å². The van der Waals surface area contributed by atoms with Gasteiger partial charge in [0.25, 0.3) is 0 Å². The number of carbonyl (C=O) groups is 2. The number of carbonyl (C=O) groups excluding carboxylic acids is 2. The molecule has 2 aromatic carbocycles. The van der Waals surface area contributed by atoms with Gasteiger partial charge in [-0.05, 0) is 86.1 Å². The molecule has 2 amide bonds. The maximum absolute atomic E-state index is 14.6. The lowest BCUT2D eigenvalue weighted by Crippen LogP contribution is -2.70. The van der Waals surface area contributed by atoms with Crippen LogP contribution in [0.1, 0.15) is 146 Å². The maximum Gasteiger partial charge on any atom is 0.412 e. The second-order valence-electron chi connectivity index (χ2n) is 19.2. The number of rotatable bonds is 33. The zero-order chi connectivity index (χ0) is 48.0. The fourth-order valence-corrected chi connectivity index (χ4v) is 10.7. The predicted octanol–water partition coefficient (Wildman–Crippen LogP) is 9.78. The van der Waals surface area contributed by atoms with Crippen molar-refractivity contribution >= 4 is 17.7 Å². The van der Waals surface area contributed by atoms with Crippen LogP contribution in [0.4, 0.5) is 4.79 Å². The molecule has 3 aliphatic carbocycles. The summed E-state index contributed by atoms with van der Waals surface area (Å²) in [5.41, 5.74) is 3.47. The van der Waals surface area contributed by atoms with E-state index in [1.165, 1.54) is 44.9 Å². The first-order valence-corrected chi connectivity index (χ1v) is 26.1. The lowest BCUT2D eigenvalue weighted by atomic mass is 9.55. The van der Waals surface area contributed by atoms with Crippen LogP contribution in [0.5, 0.6) is 11.5 Å². The van der Waals surface area contributed by atoms with Crippen LogP contribution in [-0.4, -0.2) is 102 Å². The Morgan fingerprint density at radius 2 is 1.60 bits per heavy atom. The Morgan fingerprint density at radius 1 is 0.882 bits per heavy atom. The molecular weight excluding hydrogens is 863 g/mol. The first-order valence-electron chi connectivity index (χ1n) is 26.1. The van der Waals surface area contributed by atoms with Crippen molar-refractivity contribution < 1.29 is 48.7 Å². The average molecular weight is 944 g/mol. The Labute approximate surface area is 405 Å². The van der Waals surface area contributed by atoms with Gasteiger partial charge in [0, 0.05) is 50.1 Å². The molecule has 6 unspecified atom stereocenters. The number of nitrogens with one attached hydrogen (secondary N) is 1. The second-order valence-corrected chi connectivity index (χ2v) is 19.2. The topological polar surface area (TPSA) is 169 Å². The summed E-state index contributed by atoms with van der Waals surface area (Å²) < 4.78 is 26.3. The molecule has 6 rings (SSSR count). The highest BCUT2D eigenvalue weighted by Crippen LogP contribution is 2.62. The van der Waals surface area contributed by atoms with Gasteiger partial charge in [-0.2, -0.15) is 0 Å². The molecule has 4 N–H and O–H groups in total. The molecule has 0 saturated heterocycles. The summed E-state index contributed by atoms with van der Waals surface area (Å²) in [5.74, 6) is -1.30. The van der Waals surface area contributed by atoms with Crippen LogP contribution in [0.3, 0.4) is 0 Å². The largest absolute Gasteiger partial charge is 0.459 e. The Bertz CT molecular complexity index is 1900. The van der Waals surface area contributed by atoms with Gasteiger partial charge in [-0.15, -0.1) is 6.58 Å². The highest BCUT2D eigenvalue weighted by molar-refractivity contribution is 6.03. The number of hydrogen-bond donors (Lipinski definition) is 4. The Hall–Kier alpha value is -4.27. The molecule has 6 atom stereocenters. The van der Waals surface area contributed by atoms with Crippen LogP contribution in [0.2, 0.25) is 0 Å². The van der Waals surface area contributed by atoms with Crippen molar-refractivity contribution in [3.8, 4) is 11.5 Å². The first-order chi connectivity index (χ1) is 33.4. The van der Waals surface area contributed by atoms with Crippen LogP contribution in [0.25, 0.3) is 0 Å². The lowest BCUT2D eigenvalue weighted by Gasteiger charge is -2.60. The molecule has 4 aliphatic rings. The molecule has 0 spiro atoms. The van der Waals surface area contributed by atoms with Crippen molar-refractivity contribution in [1.29, 1.82) is 0 Å². The van der Waals surface area contributed by atoms with E-state index >= 15 is 0 Å². The standard InChI is InChI=1S/C55H81N3O10/c1-3-5-6-7-8-9-10-11-12-18-29-56-54(63)67-44-27-28-49-47(38-44)51-45(24-17-20-32-60)43(23-16-19-31-59)37-46-48(57-66-40-41-21-14-13-15-22-41)39-50(55(68-49,52(46)51)65-34-4-2)58(30-35-64-36-33-61)53(62)42-25-26-42/h4,13-15,21-22,27-28,37-38,42-43,45,50-52,59-61H,2-3,5-12,16-20,23-26,29-36,39-40H2,1H3,(H,56,63). The van der Waals surface area contributed by atoms with Crippen LogP contribution in [-0.2, 0) is 25.7 Å². The molecule has 2 saturated carbocycles. The zero-order valence-electron chi connectivity index (χ0n) is 40.8. The van der Waals surface area contributed by atoms with Gasteiger partial charge in [-0.1, -0.05) is 125 Å². The van der Waals surface area contributed by atoms with E-state index in [2.05, 4.69) is 24.9 Å². The molecule has 1 heterocycles. The number of fused-ring (bicyclic) bond motifs is 2. The maximum atomic E-state index is 14.6. The number of ether oxygens (including phenoxy) is 4. The molecule has 2 fully saturated rings. The van der Waals surface area contributed by atoms with Crippen LogP contribution in [0, 0.1) is 23.7 Å². The fourth-order valence-electron chi connectivity index (χ4n) is 10.7. The van der Waals surface area contributed by atoms with Gasteiger partial charge >= 0.3 is 6.09 Å². The van der Waals surface area contributed by atoms with Crippen molar-refractivity contribution in [2.45, 2.75) is 153 Å². The quantitative estimate of drug-likeness (QED) is 0.0307. The third-order valence-electron chi connectivity index (χ3n) is 14.2. The minimum absolute atomic E-state index is 0.00291. The minimum atomic E-state index is -1.42. The Morgan fingerprint density at radius 3 is 2.29 bits per heavy atom. The smallest absolute Gasteiger partial charge is 0.412 e. The summed E-state index contributed by atoms with van der Waals surface area (Å²) in [6.07, 6.45) is 21.9. The highest BCUT2D eigenvalue weighted by Gasteiger charge is 2.66. The van der Waals surface area contributed by atoms with Gasteiger partial charge in [0.2, 0.25) is 11.7 Å². The number of allylic oxidation sites excluding steroid dienone is 1. The van der Waals surface area contributed by atoms with Gasteiger partial charge in [-0.25, -0.2) is 4.79 Å². The molecule has 0 bridgehead atoms. The van der Waals surface area contributed by atoms with Gasteiger partial charge in [0.15, 0.2) is 0 Å². The van der Waals surface area contributed by atoms with Crippen LogP contribution in [0.15, 0.2) is 78.0 Å². The molecule has 1 aliphatic heterocycles.